The number of nitrogens with zero attached hydrogens (tertiary/aromatic N) is 3. The van der Waals surface area contributed by atoms with Gasteiger partial charge in [0.05, 0.1) is 12.2 Å². The van der Waals surface area contributed by atoms with Crippen molar-refractivity contribution in [3.05, 3.63) is 54.2 Å². The minimum atomic E-state index is -0.688. The molecule has 0 aliphatic carbocycles. The molecule has 3 N–H and O–H groups in total. The fourth-order valence-corrected chi connectivity index (χ4v) is 3.13. The molecule has 8 nitrogen and oxygen atoms in total. The summed E-state index contributed by atoms with van der Waals surface area (Å²) in [6.45, 7) is 5.17. The zero-order valence-electron chi connectivity index (χ0n) is 14.1. The van der Waals surface area contributed by atoms with Crippen LogP contribution in [-0.4, -0.2) is 65.0 Å². The highest BCUT2D eigenvalue weighted by molar-refractivity contribution is 14.1. The average Bonchev–Trinajstić information content (AvgIpc) is 2.63. The maximum absolute atomic E-state index is 12.1. The smallest absolute Gasteiger partial charge is 0.335 e. The van der Waals surface area contributed by atoms with Crippen LogP contribution in [-0.2, 0) is 0 Å². The Morgan fingerprint density at radius 2 is 1.88 bits per heavy atom. The van der Waals surface area contributed by atoms with E-state index in [2.05, 4.69) is 42.8 Å². The molecule has 0 radical (unpaired) electrons. The van der Waals surface area contributed by atoms with Gasteiger partial charge in [0, 0.05) is 42.5 Å². The second kappa shape index (κ2) is 8.60. The lowest BCUT2D eigenvalue weighted by Crippen LogP contribution is -2.44. The van der Waals surface area contributed by atoms with Crippen molar-refractivity contribution in [2.75, 3.05) is 39.3 Å². The van der Waals surface area contributed by atoms with Crippen molar-refractivity contribution in [2.45, 2.75) is 0 Å². The van der Waals surface area contributed by atoms with Gasteiger partial charge in [-0.25, -0.2) is 9.36 Å². The molecule has 1 aliphatic heterocycles. The van der Waals surface area contributed by atoms with Crippen LogP contribution in [0.5, 0.6) is 5.88 Å². The highest BCUT2D eigenvalue weighted by Gasteiger charge is 2.14. The molecule has 2 heterocycles. The number of aromatic nitrogens is 2. The molecule has 26 heavy (non-hydrogen) atoms. The van der Waals surface area contributed by atoms with Gasteiger partial charge in [-0.05, 0) is 46.9 Å². The van der Waals surface area contributed by atoms with Gasteiger partial charge in [0.1, 0.15) is 5.56 Å². The number of benzene rings is 1. The Hall–Kier alpha value is -1.98. The first kappa shape index (κ1) is 18.8. The lowest BCUT2D eigenvalue weighted by atomic mass is 10.3. The third kappa shape index (κ3) is 4.40. The fourth-order valence-electron chi connectivity index (χ4n) is 2.77. The van der Waals surface area contributed by atoms with Gasteiger partial charge in [0.2, 0.25) is 5.88 Å². The summed E-state index contributed by atoms with van der Waals surface area (Å²) in [7, 11) is 0. The van der Waals surface area contributed by atoms with Gasteiger partial charge in [-0.2, -0.15) is 0 Å². The lowest BCUT2D eigenvalue weighted by molar-refractivity contribution is 0.248. The number of rotatable bonds is 5. The molecular weight excluding hydrogens is 449 g/mol. The maximum Gasteiger partial charge on any atom is 0.335 e. The van der Waals surface area contributed by atoms with Gasteiger partial charge in [0.15, 0.2) is 0 Å². The third-order valence-corrected chi connectivity index (χ3v) is 4.90. The Morgan fingerprint density at radius 3 is 2.58 bits per heavy atom. The Bertz CT molecular complexity index is 898. The molecule has 3 rings (SSSR count). The summed E-state index contributed by atoms with van der Waals surface area (Å²) >= 11 is 2.15. The first-order valence-electron chi connectivity index (χ1n) is 8.33. The number of aliphatic imine (C=N–C) groups is 1. The molecule has 0 atom stereocenters. The van der Waals surface area contributed by atoms with Crippen LogP contribution in [0.25, 0.3) is 5.69 Å². The number of nitrogens with one attached hydrogen (secondary N) is 2. The van der Waals surface area contributed by atoms with Crippen LogP contribution in [0.4, 0.5) is 0 Å². The average molecular weight is 469 g/mol. The van der Waals surface area contributed by atoms with E-state index in [4.69, 9.17) is 0 Å². The van der Waals surface area contributed by atoms with E-state index in [0.717, 1.165) is 40.9 Å². The van der Waals surface area contributed by atoms with Crippen LogP contribution in [0.15, 0.2) is 38.8 Å². The minimum absolute atomic E-state index is 0.0246. The van der Waals surface area contributed by atoms with Crippen LogP contribution in [0.1, 0.15) is 5.56 Å². The molecule has 0 spiro atoms. The van der Waals surface area contributed by atoms with E-state index in [1.165, 1.54) is 6.21 Å². The first-order valence-corrected chi connectivity index (χ1v) is 9.41. The first-order chi connectivity index (χ1) is 12.6. The van der Waals surface area contributed by atoms with Crippen LogP contribution in [0.2, 0.25) is 0 Å². The summed E-state index contributed by atoms with van der Waals surface area (Å²) < 4.78 is 2.06. The summed E-state index contributed by atoms with van der Waals surface area (Å²) in [4.78, 5) is 32.9. The zero-order valence-corrected chi connectivity index (χ0v) is 16.3. The Morgan fingerprint density at radius 1 is 1.19 bits per heavy atom. The van der Waals surface area contributed by atoms with Crippen LogP contribution in [0.3, 0.4) is 0 Å². The number of H-pyrrole nitrogens is 1. The van der Waals surface area contributed by atoms with E-state index in [-0.39, 0.29) is 5.56 Å². The highest BCUT2D eigenvalue weighted by atomic mass is 127. The normalized spacial score (nSPS) is 15.6. The summed E-state index contributed by atoms with van der Waals surface area (Å²) in [6.07, 6.45) is 1.33. The van der Waals surface area contributed by atoms with Crippen molar-refractivity contribution in [1.29, 1.82) is 0 Å². The van der Waals surface area contributed by atoms with E-state index in [1.54, 1.807) is 12.1 Å². The molecule has 1 aromatic carbocycles. The second-order valence-electron chi connectivity index (χ2n) is 5.94. The topological polar surface area (TPSA) is 103 Å². The van der Waals surface area contributed by atoms with E-state index < -0.39 is 17.1 Å². The number of piperazine rings is 1. The Labute approximate surface area is 163 Å². The van der Waals surface area contributed by atoms with E-state index >= 15 is 0 Å². The van der Waals surface area contributed by atoms with Crippen molar-refractivity contribution >= 4 is 28.8 Å². The van der Waals surface area contributed by atoms with Crippen molar-refractivity contribution in [1.82, 2.24) is 19.8 Å². The van der Waals surface area contributed by atoms with E-state index in [0.29, 0.717) is 12.2 Å². The van der Waals surface area contributed by atoms with Gasteiger partial charge in [-0.15, -0.1) is 0 Å². The molecular formula is C17H20IN5O3. The van der Waals surface area contributed by atoms with Gasteiger partial charge >= 0.3 is 5.69 Å². The monoisotopic (exact) mass is 469 g/mol. The SMILES string of the molecule is O=c1[nH]c(=O)n(-c2ccc(I)cc2)c(O)c1C=NCCN1CCNCC1. The quantitative estimate of drug-likeness (QED) is 0.428. The fraction of sp³-hybridized carbons (Fsp3) is 0.353. The zero-order chi connectivity index (χ0) is 18.5. The molecule has 9 heteroatoms. The Kier molecular flexibility index (Phi) is 6.22. The standard InChI is InChI=1S/C17H20IN5O3/c18-12-1-3-13(4-2-12)23-16(25)14(15(24)21-17(23)26)11-20-7-10-22-8-5-19-6-9-22/h1-4,11,19,25H,5-10H2,(H,21,24,26). The minimum Gasteiger partial charge on any atom is -0.493 e. The van der Waals surface area contributed by atoms with Gasteiger partial charge in [-0.1, -0.05) is 0 Å². The van der Waals surface area contributed by atoms with E-state index in [9.17, 15) is 14.7 Å². The summed E-state index contributed by atoms with van der Waals surface area (Å²) in [5.41, 5.74) is -0.894. The van der Waals surface area contributed by atoms with Gasteiger partial charge in [-0.3, -0.25) is 19.7 Å². The van der Waals surface area contributed by atoms with Crippen LogP contribution < -0.4 is 16.6 Å². The summed E-state index contributed by atoms with van der Waals surface area (Å²) in [6, 6.07) is 7.03. The lowest BCUT2D eigenvalue weighted by Gasteiger charge is -2.26. The van der Waals surface area contributed by atoms with Crippen molar-refractivity contribution in [3.8, 4) is 11.6 Å². The molecule has 0 unspecified atom stereocenters. The summed E-state index contributed by atoms with van der Waals surface area (Å²) in [5.74, 6) is -0.411. The highest BCUT2D eigenvalue weighted by Crippen LogP contribution is 2.16. The van der Waals surface area contributed by atoms with Crippen LogP contribution in [0, 0.1) is 3.57 Å². The number of halogens is 1. The summed E-state index contributed by atoms with van der Waals surface area (Å²) in [5, 5.41) is 13.7. The molecule has 1 saturated heterocycles. The molecule has 0 bridgehead atoms. The molecule has 2 aromatic rings. The largest absolute Gasteiger partial charge is 0.493 e. The van der Waals surface area contributed by atoms with Crippen molar-refractivity contribution < 1.29 is 5.11 Å². The van der Waals surface area contributed by atoms with Crippen molar-refractivity contribution in [3.63, 3.8) is 0 Å². The molecule has 1 aromatic heterocycles. The second-order valence-corrected chi connectivity index (χ2v) is 7.18. The molecule has 1 fully saturated rings. The third-order valence-electron chi connectivity index (χ3n) is 4.18. The Balaban J connectivity index is 1.81. The molecule has 1 aliphatic rings. The molecule has 138 valence electrons. The molecule has 0 saturated carbocycles. The number of hydrogen-bond donors (Lipinski definition) is 3. The number of aromatic amines is 1. The van der Waals surface area contributed by atoms with Gasteiger partial charge < -0.3 is 10.4 Å². The van der Waals surface area contributed by atoms with Crippen LogP contribution >= 0.6 is 22.6 Å². The number of hydrogen-bond acceptors (Lipinski definition) is 6. The maximum atomic E-state index is 12.1. The van der Waals surface area contributed by atoms with Crippen molar-refractivity contribution in [2.24, 2.45) is 4.99 Å². The predicted molar refractivity (Wildman–Crippen MR) is 109 cm³/mol. The molecule has 0 amide bonds. The van der Waals surface area contributed by atoms with Gasteiger partial charge in [0.25, 0.3) is 5.56 Å². The predicted octanol–water partition coefficient (Wildman–Crippen LogP) is 0.160. The number of aromatic hydroxyl groups is 1. The van der Waals surface area contributed by atoms with E-state index in [1.807, 2.05) is 12.1 Å².